The third-order valence-electron chi connectivity index (χ3n) is 3.45. The predicted octanol–water partition coefficient (Wildman–Crippen LogP) is 1.88. The molecule has 1 heterocycles. The number of para-hydroxylation sites is 1. The number of ether oxygens (including phenoxy) is 1. The number of hydrogen-bond donors (Lipinski definition) is 2. The minimum atomic E-state index is -3.63. The summed E-state index contributed by atoms with van der Waals surface area (Å²) in [6, 6.07) is 12.0. The van der Waals surface area contributed by atoms with E-state index in [9.17, 15) is 8.42 Å². The van der Waals surface area contributed by atoms with E-state index in [2.05, 4.69) is 4.72 Å². The number of anilines is 1. The molecular formula is C15H16N2O3S. The Morgan fingerprint density at radius 1 is 1.19 bits per heavy atom. The number of nitrogens with two attached hydrogens (primary N) is 1. The first-order chi connectivity index (χ1) is 10.1. The van der Waals surface area contributed by atoms with Crippen molar-refractivity contribution in [2.75, 3.05) is 11.3 Å². The van der Waals surface area contributed by atoms with Crippen molar-refractivity contribution in [3.8, 4) is 5.75 Å². The number of sulfonamides is 1. The van der Waals surface area contributed by atoms with E-state index < -0.39 is 10.0 Å². The molecule has 0 aromatic heterocycles. The Balaban J connectivity index is 1.94. The van der Waals surface area contributed by atoms with Gasteiger partial charge in [-0.25, -0.2) is 8.42 Å². The van der Waals surface area contributed by atoms with Crippen molar-refractivity contribution in [1.82, 2.24) is 0 Å². The third kappa shape index (κ3) is 2.72. The second kappa shape index (κ2) is 5.38. The van der Waals surface area contributed by atoms with E-state index >= 15 is 0 Å². The summed E-state index contributed by atoms with van der Waals surface area (Å²) < 4.78 is 32.9. The Hall–Kier alpha value is -2.05. The lowest BCUT2D eigenvalue weighted by Crippen LogP contribution is -2.15. The maximum atomic E-state index is 12.5. The topological polar surface area (TPSA) is 81.4 Å². The lowest BCUT2D eigenvalue weighted by molar-refractivity contribution is 0.356. The highest BCUT2D eigenvalue weighted by atomic mass is 32.2. The summed E-state index contributed by atoms with van der Waals surface area (Å²) in [5.41, 5.74) is 7.82. The van der Waals surface area contributed by atoms with Gasteiger partial charge in [-0.2, -0.15) is 0 Å². The summed E-state index contributed by atoms with van der Waals surface area (Å²) in [5, 5.41) is 0. The number of fused-ring (bicyclic) bond motifs is 1. The van der Waals surface area contributed by atoms with Gasteiger partial charge in [-0.05, 0) is 35.4 Å². The molecule has 0 aliphatic carbocycles. The van der Waals surface area contributed by atoms with Crippen molar-refractivity contribution in [2.24, 2.45) is 5.73 Å². The van der Waals surface area contributed by atoms with Crippen LogP contribution in [0.15, 0.2) is 47.4 Å². The van der Waals surface area contributed by atoms with Gasteiger partial charge in [-0.15, -0.1) is 0 Å². The molecule has 0 bridgehead atoms. The van der Waals surface area contributed by atoms with Gasteiger partial charge in [0.25, 0.3) is 10.0 Å². The van der Waals surface area contributed by atoms with Crippen LogP contribution in [0.1, 0.15) is 11.1 Å². The fourth-order valence-electron chi connectivity index (χ4n) is 2.33. The summed E-state index contributed by atoms with van der Waals surface area (Å²) >= 11 is 0. The maximum absolute atomic E-state index is 12.5. The van der Waals surface area contributed by atoms with Crippen LogP contribution in [-0.4, -0.2) is 15.0 Å². The van der Waals surface area contributed by atoms with Crippen LogP contribution in [-0.2, 0) is 23.0 Å². The molecule has 6 heteroatoms. The second-order valence-corrected chi connectivity index (χ2v) is 6.52. The molecule has 0 unspecified atom stereocenters. The first-order valence-corrected chi connectivity index (χ1v) is 8.15. The van der Waals surface area contributed by atoms with Gasteiger partial charge in [-0.3, -0.25) is 4.72 Å². The van der Waals surface area contributed by atoms with Gasteiger partial charge in [0.1, 0.15) is 5.75 Å². The number of nitrogens with one attached hydrogen (secondary N) is 1. The normalized spacial score (nSPS) is 13.6. The molecule has 0 atom stereocenters. The zero-order valence-corrected chi connectivity index (χ0v) is 12.2. The van der Waals surface area contributed by atoms with Gasteiger partial charge in [0.15, 0.2) is 0 Å². The Morgan fingerprint density at radius 2 is 2.00 bits per heavy atom. The van der Waals surface area contributed by atoms with Gasteiger partial charge in [0.05, 0.1) is 17.2 Å². The zero-order chi connectivity index (χ0) is 14.9. The van der Waals surface area contributed by atoms with E-state index in [0.29, 0.717) is 12.3 Å². The number of rotatable bonds is 4. The van der Waals surface area contributed by atoms with Gasteiger partial charge in [0, 0.05) is 13.0 Å². The Morgan fingerprint density at radius 3 is 2.81 bits per heavy atom. The van der Waals surface area contributed by atoms with Crippen LogP contribution in [0.2, 0.25) is 0 Å². The molecule has 3 N–H and O–H groups in total. The molecule has 21 heavy (non-hydrogen) atoms. The monoisotopic (exact) mass is 304 g/mol. The van der Waals surface area contributed by atoms with Gasteiger partial charge in [-0.1, -0.05) is 18.2 Å². The van der Waals surface area contributed by atoms with Crippen LogP contribution in [0.4, 0.5) is 5.69 Å². The third-order valence-corrected chi connectivity index (χ3v) is 4.82. The van der Waals surface area contributed by atoms with E-state index in [-0.39, 0.29) is 11.4 Å². The number of hydrogen-bond acceptors (Lipinski definition) is 4. The average Bonchev–Trinajstić information content (AvgIpc) is 2.95. The van der Waals surface area contributed by atoms with Crippen LogP contribution in [0.3, 0.4) is 0 Å². The largest absolute Gasteiger partial charge is 0.493 e. The molecule has 0 amide bonds. The van der Waals surface area contributed by atoms with E-state index in [0.717, 1.165) is 23.3 Å². The fraction of sp³-hybridized carbons (Fsp3) is 0.200. The molecule has 3 rings (SSSR count). The highest BCUT2D eigenvalue weighted by Crippen LogP contribution is 2.28. The summed E-state index contributed by atoms with van der Waals surface area (Å²) in [5.74, 6) is 0.760. The molecular weight excluding hydrogens is 288 g/mol. The first kappa shape index (κ1) is 13.9. The van der Waals surface area contributed by atoms with Crippen molar-refractivity contribution in [1.29, 1.82) is 0 Å². The molecule has 0 saturated heterocycles. The smallest absolute Gasteiger partial charge is 0.261 e. The summed E-state index contributed by atoms with van der Waals surface area (Å²) in [6.07, 6.45) is 0.734. The lowest BCUT2D eigenvalue weighted by Gasteiger charge is -2.12. The van der Waals surface area contributed by atoms with Crippen molar-refractivity contribution in [3.63, 3.8) is 0 Å². The predicted molar refractivity (Wildman–Crippen MR) is 80.8 cm³/mol. The summed E-state index contributed by atoms with van der Waals surface area (Å²) in [4.78, 5) is 0.235. The Labute approximate surface area is 123 Å². The standard InChI is InChI=1S/C15H16N2O3S/c16-10-12-3-1-2-4-14(12)17-21(18,19)13-5-6-15-11(9-13)7-8-20-15/h1-6,9,17H,7-8,10,16H2. The minimum absolute atomic E-state index is 0.235. The molecule has 0 spiro atoms. The summed E-state index contributed by atoms with van der Waals surface area (Å²) in [7, 11) is -3.63. The second-order valence-electron chi connectivity index (χ2n) is 4.83. The van der Waals surface area contributed by atoms with E-state index in [4.69, 9.17) is 10.5 Å². The lowest BCUT2D eigenvalue weighted by atomic mass is 10.2. The molecule has 2 aromatic carbocycles. The molecule has 1 aliphatic heterocycles. The highest BCUT2D eigenvalue weighted by molar-refractivity contribution is 7.92. The van der Waals surface area contributed by atoms with Gasteiger partial charge < -0.3 is 10.5 Å². The minimum Gasteiger partial charge on any atom is -0.493 e. The van der Waals surface area contributed by atoms with Crippen LogP contribution in [0.5, 0.6) is 5.75 Å². The van der Waals surface area contributed by atoms with Crippen molar-refractivity contribution >= 4 is 15.7 Å². The molecule has 110 valence electrons. The SMILES string of the molecule is NCc1ccccc1NS(=O)(=O)c1ccc2c(c1)CCO2. The van der Waals surface area contributed by atoms with Gasteiger partial charge >= 0.3 is 0 Å². The summed E-state index contributed by atoms with van der Waals surface area (Å²) in [6.45, 7) is 0.874. The maximum Gasteiger partial charge on any atom is 0.261 e. The van der Waals surface area contributed by atoms with Crippen LogP contribution in [0.25, 0.3) is 0 Å². The first-order valence-electron chi connectivity index (χ1n) is 6.67. The number of benzene rings is 2. The highest BCUT2D eigenvalue weighted by Gasteiger charge is 2.20. The van der Waals surface area contributed by atoms with E-state index in [1.165, 1.54) is 0 Å². The molecule has 0 fully saturated rings. The zero-order valence-electron chi connectivity index (χ0n) is 11.4. The van der Waals surface area contributed by atoms with Crippen LogP contribution >= 0.6 is 0 Å². The van der Waals surface area contributed by atoms with E-state index in [1.807, 2.05) is 6.07 Å². The molecule has 0 radical (unpaired) electrons. The Bertz CT molecular complexity index is 772. The fourth-order valence-corrected chi connectivity index (χ4v) is 3.48. The van der Waals surface area contributed by atoms with E-state index in [1.54, 1.807) is 36.4 Å². The van der Waals surface area contributed by atoms with Gasteiger partial charge in [0.2, 0.25) is 0 Å². The van der Waals surface area contributed by atoms with Crippen molar-refractivity contribution in [2.45, 2.75) is 17.9 Å². The van der Waals surface area contributed by atoms with Crippen LogP contribution in [0, 0.1) is 0 Å². The van der Waals surface area contributed by atoms with Crippen molar-refractivity contribution < 1.29 is 13.2 Å². The van der Waals surface area contributed by atoms with Crippen LogP contribution < -0.4 is 15.2 Å². The Kier molecular flexibility index (Phi) is 3.57. The molecule has 5 nitrogen and oxygen atoms in total. The quantitative estimate of drug-likeness (QED) is 0.903. The average molecular weight is 304 g/mol. The van der Waals surface area contributed by atoms with Crippen molar-refractivity contribution in [3.05, 3.63) is 53.6 Å². The molecule has 1 aliphatic rings. The molecule has 2 aromatic rings. The molecule has 0 saturated carbocycles.